The van der Waals surface area contributed by atoms with Gasteiger partial charge in [-0.1, -0.05) is 17.7 Å². The topological polar surface area (TPSA) is 88.2 Å². The average Bonchev–Trinajstić information content (AvgIpc) is 3.01. The number of benzene rings is 2. The van der Waals surface area contributed by atoms with E-state index in [9.17, 15) is 13.2 Å². The lowest BCUT2D eigenvalue weighted by Crippen LogP contribution is -2.15. The molecule has 0 atom stereocenters. The molecule has 2 aromatic carbocycles. The summed E-state index contributed by atoms with van der Waals surface area (Å²) in [5.74, 6) is -0.173. The number of amides is 1. The Morgan fingerprint density at radius 1 is 1.00 bits per heavy atom. The predicted molar refractivity (Wildman–Crippen MR) is 108 cm³/mol. The monoisotopic (exact) mass is 401 g/mol. The van der Waals surface area contributed by atoms with Gasteiger partial charge in [0.15, 0.2) is 0 Å². The molecule has 0 saturated carbocycles. The third-order valence-electron chi connectivity index (χ3n) is 3.76. The van der Waals surface area contributed by atoms with Crippen molar-refractivity contribution < 1.29 is 13.2 Å². The number of thiazole rings is 1. The summed E-state index contributed by atoms with van der Waals surface area (Å²) >= 11 is 1.50. The van der Waals surface area contributed by atoms with E-state index < -0.39 is 10.0 Å². The lowest BCUT2D eigenvalue weighted by molar-refractivity contribution is -0.115. The lowest BCUT2D eigenvalue weighted by atomic mass is 10.2. The molecule has 2 N–H and O–H groups in total. The number of rotatable bonds is 6. The van der Waals surface area contributed by atoms with Crippen molar-refractivity contribution in [3.05, 3.63) is 70.2 Å². The molecular formula is C19H19N3O3S2. The first-order valence-corrected chi connectivity index (χ1v) is 10.6. The highest BCUT2D eigenvalue weighted by atomic mass is 32.2. The van der Waals surface area contributed by atoms with Crippen LogP contribution >= 0.6 is 11.3 Å². The second-order valence-corrected chi connectivity index (χ2v) is 8.82. The third-order valence-corrected chi connectivity index (χ3v) is 5.98. The van der Waals surface area contributed by atoms with Crippen LogP contribution in [0, 0.1) is 13.8 Å². The molecule has 1 heterocycles. The fourth-order valence-electron chi connectivity index (χ4n) is 2.41. The van der Waals surface area contributed by atoms with E-state index in [-0.39, 0.29) is 17.2 Å². The van der Waals surface area contributed by atoms with Crippen LogP contribution in [0.5, 0.6) is 0 Å². The van der Waals surface area contributed by atoms with Gasteiger partial charge in [0.25, 0.3) is 10.0 Å². The third kappa shape index (κ3) is 5.15. The second-order valence-electron chi connectivity index (χ2n) is 6.08. The van der Waals surface area contributed by atoms with E-state index >= 15 is 0 Å². The molecule has 0 unspecified atom stereocenters. The van der Waals surface area contributed by atoms with Crippen LogP contribution in [0.4, 0.5) is 11.4 Å². The van der Waals surface area contributed by atoms with Crippen molar-refractivity contribution in [2.75, 3.05) is 10.0 Å². The standard InChI is InChI=1S/C19H19N3O3S2/c1-13-3-9-18(10-4-13)27(24,25)22-16-7-5-15(6-8-16)21-19(23)11-17-12-26-14(2)20-17/h3-10,12,22H,11H2,1-2H3,(H,21,23). The summed E-state index contributed by atoms with van der Waals surface area (Å²) in [5.41, 5.74) is 2.73. The van der Waals surface area contributed by atoms with Gasteiger partial charge in [-0.3, -0.25) is 9.52 Å². The summed E-state index contributed by atoms with van der Waals surface area (Å²) in [6.45, 7) is 3.79. The van der Waals surface area contributed by atoms with Gasteiger partial charge in [-0.05, 0) is 50.2 Å². The van der Waals surface area contributed by atoms with Gasteiger partial charge in [-0.2, -0.15) is 0 Å². The minimum Gasteiger partial charge on any atom is -0.326 e. The smallest absolute Gasteiger partial charge is 0.261 e. The predicted octanol–water partition coefficient (Wildman–Crippen LogP) is 3.74. The summed E-state index contributed by atoms with van der Waals surface area (Å²) in [5, 5.41) is 5.55. The number of nitrogens with zero attached hydrogens (tertiary/aromatic N) is 1. The van der Waals surface area contributed by atoms with Crippen molar-refractivity contribution in [1.29, 1.82) is 0 Å². The molecule has 0 radical (unpaired) electrons. The molecule has 1 aromatic heterocycles. The Hall–Kier alpha value is -2.71. The number of hydrogen-bond acceptors (Lipinski definition) is 5. The minimum atomic E-state index is -3.65. The molecule has 140 valence electrons. The maximum Gasteiger partial charge on any atom is 0.261 e. The molecule has 0 saturated heterocycles. The van der Waals surface area contributed by atoms with E-state index in [0.717, 1.165) is 16.3 Å². The zero-order chi connectivity index (χ0) is 19.4. The van der Waals surface area contributed by atoms with E-state index in [1.807, 2.05) is 19.2 Å². The lowest BCUT2D eigenvalue weighted by Gasteiger charge is -2.10. The molecule has 3 rings (SSSR count). The van der Waals surface area contributed by atoms with Crippen molar-refractivity contribution in [2.24, 2.45) is 0 Å². The molecular weight excluding hydrogens is 382 g/mol. The van der Waals surface area contributed by atoms with Gasteiger partial charge < -0.3 is 5.32 Å². The van der Waals surface area contributed by atoms with Gasteiger partial charge in [0, 0.05) is 16.8 Å². The maximum atomic E-state index is 12.4. The Labute approximate surface area is 162 Å². The summed E-state index contributed by atoms with van der Waals surface area (Å²) in [4.78, 5) is 16.5. The molecule has 0 fully saturated rings. The summed E-state index contributed by atoms with van der Waals surface area (Å²) in [6, 6.07) is 13.1. The van der Waals surface area contributed by atoms with Crippen LogP contribution in [0.15, 0.2) is 58.8 Å². The van der Waals surface area contributed by atoms with E-state index in [4.69, 9.17) is 0 Å². The molecule has 0 bridgehead atoms. The highest BCUT2D eigenvalue weighted by Crippen LogP contribution is 2.19. The Morgan fingerprint density at radius 3 is 2.22 bits per heavy atom. The number of hydrogen-bond donors (Lipinski definition) is 2. The number of carbonyl (C=O) groups excluding carboxylic acids is 1. The van der Waals surface area contributed by atoms with Gasteiger partial charge in [0.1, 0.15) is 0 Å². The largest absolute Gasteiger partial charge is 0.326 e. The first-order chi connectivity index (χ1) is 12.8. The Bertz CT molecular complexity index is 1040. The first-order valence-electron chi connectivity index (χ1n) is 8.22. The van der Waals surface area contributed by atoms with E-state index in [0.29, 0.717) is 11.4 Å². The van der Waals surface area contributed by atoms with Crippen LogP contribution < -0.4 is 10.0 Å². The number of anilines is 2. The second kappa shape index (κ2) is 7.89. The van der Waals surface area contributed by atoms with Crippen LogP contribution in [0.2, 0.25) is 0 Å². The van der Waals surface area contributed by atoms with Crippen molar-refractivity contribution in [2.45, 2.75) is 25.2 Å². The SMILES string of the molecule is Cc1ccc(S(=O)(=O)Nc2ccc(NC(=O)Cc3csc(C)n3)cc2)cc1. The van der Waals surface area contributed by atoms with Gasteiger partial charge in [-0.25, -0.2) is 13.4 Å². The van der Waals surface area contributed by atoms with Crippen molar-refractivity contribution in [1.82, 2.24) is 4.98 Å². The highest BCUT2D eigenvalue weighted by molar-refractivity contribution is 7.92. The van der Waals surface area contributed by atoms with Crippen LogP contribution in [0.3, 0.4) is 0 Å². The Balaban J connectivity index is 1.63. The zero-order valence-electron chi connectivity index (χ0n) is 14.9. The zero-order valence-corrected chi connectivity index (χ0v) is 16.5. The molecule has 0 spiro atoms. The number of nitrogens with one attached hydrogen (secondary N) is 2. The maximum absolute atomic E-state index is 12.4. The fourth-order valence-corrected chi connectivity index (χ4v) is 4.08. The molecule has 0 aliphatic rings. The normalized spacial score (nSPS) is 11.2. The Kier molecular flexibility index (Phi) is 5.57. The quantitative estimate of drug-likeness (QED) is 0.659. The van der Waals surface area contributed by atoms with Crippen molar-refractivity contribution >= 4 is 38.6 Å². The van der Waals surface area contributed by atoms with Crippen LogP contribution in [0.1, 0.15) is 16.3 Å². The van der Waals surface area contributed by atoms with Gasteiger partial charge >= 0.3 is 0 Å². The van der Waals surface area contributed by atoms with Gasteiger partial charge in [0.05, 0.1) is 22.0 Å². The van der Waals surface area contributed by atoms with Crippen LogP contribution in [-0.4, -0.2) is 19.3 Å². The molecule has 27 heavy (non-hydrogen) atoms. The summed E-state index contributed by atoms with van der Waals surface area (Å²) in [7, 11) is -3.65. The van der Waals surface area contributed by atoms with E-state index in [1.165, 1.54) is 11.3 Å². The molecule has 0 aliphatic heterocycles. The van der Waals surface area contributed by atoms with E-state index in [2.05, 4.69) is 15.0 Å². The van der Waals surface area contributed by atoms with Gasteiger partial charge in [-0.15, -0.1) is 11.3 Å². The molecule has 1 amide bonds. The van der Waals surface area contributed by atoms with Gasteiger partial charge in [0.2, 0.25) is 5.91 Å². The molecule has 8 heteroatoms. The molecule has 6 nitrogen and oxygen atoms in total. The fraction of sp³-hybridized carbons (Fsp3) is 0.158. The highest BCUT2D eigenvalue weighted by Gasteiger charge is 2.14. The van der Waals surface area contributed by atoms with Crippen molar-refractivity contribution in [3.8, 4) is 0 Å². The minimum absolute atomic E-state index is 0.173. The molecule has 3 aromatic rings. The number of carbonyl (C=O) groups is 1. The van der Waals surface area contributed by atoms with E-state index in [1.54, 1.807) is 48.5 Å². The van der Waals surface area contributed by atoms with Crippen LogP contribution in [0.25, 0.3) is 0 Å². The summed E-state index contributed by atoms with van der Waals surface area (Å²) in [6.07, 6.45) is 0.201. The Morgan fingerprint density at radius 2 is 1.63 bits per heavy atom. The van der Waals surface area contributed by atoms with Crippen molar-refractivity contribution in [3.63, 3.8) is 0 Å². The number of sulfonamides is 1. The average molecular weight is 402 g/mol. The number of aromatic nitrogens is 1. The number of aryl methyl sites for hydroxylation is 2. The summed E-state index contributed by atoms with van der Waals surface area (Å²) < 4.78 is 27.3. The van der Waals surface area contributed by atoms with Crippen LogP contribution in [-0.2, 0) is 21.2 Å². The first kappa shape index (κ1) is 19.1. The molecule has 0 aliphatic carbocycles.